The smallest absolute Gasteiger partial charge is 0.135 e. The molecule has 0 aliphatic rings. The summed E-state index contributed by atoms with van der Waals surface area (Å²) < 4.78 is 0. The molecule has 0 aromatic heterocycles. The highest BCUT2D eigenvalue weighted by molar-refractivity contribution is 5.80. The van der Waals surface area contributed by atoms with E-state index in [1.807, 2.05) is 6.92 Å². The summed E-state index contributed by atoms with van der Waals surface area (Å²) in [6, 6.07) is 0. The van der Waals surface area contributed by atoms with Crippen molar-refractivity contribution in [2.75, 3.05) is 0 Å². The predicted octanol–water partition coefficient (Wildman–Crippen LogP) is 7.72. The molecule has 0 fully saturated rings. The lowest BCUT2D eigenvalue weighted by Crippen LogP contribution is -2.14. The lowest BCUT2D eigenvalue weighted by Gasteiger charge is -2.16. The Morgan fingerprint density at radius 3 is 1.57 bits per heavy atom. The summed E-state index contributed by atoms with van der Waals surface area (Å²) in [6.07, 6.45) is 19.4. The lowest BCUT2D eigenvalue weighted by molar-refractivity contribution is -0.123. The molecular formula is C22H44O. The van der Waals surface area contributed by atoms with E-state index in [9.17, 15) is 4.79 Å². The van der Waals surface area contributed by atoms with Gasteiger partial charge in [0.1, 0.15) is 5.78 Å². The predicted molar refractivity (Wildman–Crippen MR) is 104 cm³/mol. The number of carbonyl (C=O) groups is 1. The molecule has 1 nitrogen and oxygen atoms in total. The zero-order valence-electron chi connectivity index (χ0n) is 16.7. The molecule has 0 aromatic carbocycles. The monoisotopic (exact) mass is 324 g/mol. The topological polar surface area (TPSA) is 17.1 Å². The van der Waals surface area contributed by atoms with Crippen molar-refractivity contribution in [3.63, 3.8) is 0 Å². The summed E-state index contributed by atoms with van der Waals surface area (Å²) >= 11 is 0. The van der Waals surface area contributed by atoms with Crippen LogP contribution in [0.15, 0.2) is 0 Å². The van der Waals surface area contributed by atoms with Gasteiger partial charge in [-0.3, -0.25) is 4.79 Å². The van der Waals surface area contributed by atoms with Gasteiger partial charge in [-0.2, -0.15) is 0 Å². The lowest BCUT2D eigenvalue weighted by atomic mass is 9.88. The van der Waals surface area contributed by atoms with Crippen LogP contribution in [0.5, 0.6) is 0 Å². The maximum atomic E-state index is 12.0. The van der Waals surface area contributed by atoms with Crippen molar-refractivity contribution in [3.05, 3.63) is 0 Å². The maximum Gasteiger partial charge on any atom is 0.135 e. The van der Waals surface area contributed by atoms with Gasteiger partial charge in [0.15, 0.2) is 0 Å². The SMILES string of the molecule is CCCCCCCCCCCCCC(CCC(C)C)C(=O)CC. The minimum Gasteiger partial charge on any atom is -0.299 e. The van der Waals surface area contributed by atoms with E-state index < -0.39 is 0 Å². The highest BCUT2D eigenvalue weighted by atomic mass is 16.1. The molecule has 0 N–H and O–H groups in total. The van der Waals surface area contributed by atoms with Gasteiger partial charge in [-0.05, 0) is 18.8 Å². The summed E-state index contributed by atoms with van der Waals surface area (Å²) in [7, 11) is 0. The Balaban J connectivity index is 3.53. The average molecular weight is 325 g/mol. The van der Waals surface area contributed by atoms with Crippen LogP contribution in [0.2, 0.25) is 0 Å². The zero-order chi connectivity index (χ0) is 17.3. The van der Waals surface area contributed by atoms with Crippen molar-refractivity contribution >= 4 is 5.78 Å². The van der Waals surface area contributed by atoms with Gasteiger partial charge in [0.05, 0.1) is 0 Å². The number of hydrogen-bond donors (Lipinski definition) is 0. The Bertz CT molecular complexity index is 257. The molecule has 0 heterocycles. The van der Waals surface area contributed by atoms with E-state index in [0.29, 0.717) is 11.7 Å². The van der Waals surface area contributed by atoms with Gasteiger partial charge in [0.2, 0.25) is 0 Å². The van der Waals surface area contributed by atoms with Crippen LogP contribution in [-0.4, -0.2) is 5.78 Å². The summed E-state index contributed by atoms with van der Waals surface area (Å²) in [5.41, 5.74) is 0. The van der Waals surface area contributed by atoms with E-state index >= 15 is 0 Å². The number of ketones is 1. The van der Waals surface area contributed by atoms with Crippen molar-refractivity contribution < 1.29 is 4.79 Å². The van der Waals surface area contributed by atoms with Gasteiger partial charge < -0.3 is 0 Å². The largest absolute Gasteiger partial charge is 0.299 e. The van der Waals surface area contributed by atoms with E-state index in [1.165, 1.54) is 77.0 Å². The number of rotatable bonds is 17. The van der Waals surface area contributed by atoms with Gasteiger partial charge in [-0.25, -0.2) is 0 Å². The first-order valence-corrected chi connectivity index (χ1v) is 10.6. The van der Waals surface area contributed by atoms with Crippen LogP contribution < -0.4 is 0 Å². The summed E-state index contributed by atoms with van der Waals surface area (Å²) in [5.74, 6) is 1.57. The van der Waals surface area contributed by atoms with E-state index in [0.717, 1.165) is 25.2 Å². The average Bonchev–Trinajstić information content (AvgIpc) is 2.54. The standard InChI is InChI=1S/C22H44O/c1-5-7-8-9-10-11-12-13-14-15-16-17-21(22(23)6-2)19-18-20(3)4/h20-21H,5-19H2,1-4H3. The Kier molecular flexibility index (Phi) is 16.3. The second-order valence-electron chi connectivity index (χ2n) is 7.81. The highest BCUT2D eigenvalue weighted by Gasteiger charge is 2.16. The third kappa shape index (κ3) is 15.0. The highest BCUT2D eigenvalue weighted by Crippen LogP contribution is 2.21. The van der Waals surface area contributed by atoms with Crippen LogP contribution in [0, 0.1) is 11.8 Å². The first-order chi connectivity index (χ1) is 11.1. The van der Waals surface area contributed by atoms with Gasteiger partial charge in [-0.15, -0.1) is 0 Å². The Labute approximate surface area is 147 Å². The summed E-state index contributed by atoms with van der Waals surface area (Å²) in [6.45, 7) is 8.82. The molecule has 23 heavy (non-hydrogen) atoms. The van der Waals surface area contributed by atoms with Crippen LogP contribution in [0.25, 0.3) is 0 Å². The van der Waals surface area contributed by atoms with Crippen molar-refractivity contribution in [1.82, 2.24) is 0 Å². The molecule has 0 bridgehead atoms. The number of Topliss-reactive ketones (excluding diaryl/α,β-unsaturated/α-hetero) is 1. The van der Waals surface area contributed by atoms with Crippen molar-refractivity contribution in [3.8, 4) is 0 Å². The molecule has 1 unspecified atom stereocenters. The van der Waals surface area contributed by atoms with Gasteiger partial charge >= 0.3 is 0 Å². The van der Waals surface area contributed by atoms with E-state index in [1.54, 1.807) is 0 Å². The number of unbranched alkanes of at least 4 members (excludes halogenated alkanes) is 10. The normalized spacial score (nSPS) is 12.7. The van der Waals surface area contributed by atoms with Crippen LogP contribution in [-0.2, 0) is 4.79 Å². The summed E-state index contributed by atoms with van der Waals surface area (Å²) in [5, 5.41) is 0. The fraction of sp³-hybridized carbons (Fsp3) is 0.955. The van der Waals surface area contributed by atoms with Crippen LogP contribution in [0.3, 0.4) is 0 Å². The molecule has 0 saturated carbocycles. The fourth-order valence-corrected chi connectivity index (χ4v) is 3.34. The minimum atomic E-state index is 0.348. The second-order valence-corrected chi connectivity index (χ2v) is 7.81. The molecule has 0 aliphatic heterocycles. The van der Waals surface area contributed by atoms with Crippen molar-refractivity contribution in [2.45, 2.75) is 124 Å². The zero-order valence-corrected chi connectivity index (χ0v) is 16.7. The first-order valence-electron chi connectivity index (χ1n) is 10.6. The molecule has 0 aliphatic carbocycles. The van der Waals surface area contributed by atoms with Gasteiger partial charge in [0.25, 0.3) is 0 Å². The molecule has 0 saturated heterocycles. The Morgan fingerprint density at radius 1 is 0.652 bits per heavy atom. The maximum absolute atomic E-state index is 12.0. The van der Waals surface area contributed by atoms with Crippen LogP contribution in [0.1, 0.15) is 124 Å². The van der Waals surface area contributed by atoms with E-state index in [2.05, 4.69) is 20.8 Å². The van der Waals surface area contributed by atoms with Crippen LogP contribution >= 0.6 is 0 Å². The van der Waals surface area contributed by atoms with Crippen molar-refractivity contribution in [1.29, 1.82) is 0 Å². The molecule has 0 spiro atoms. The first kappa shape index (κ1) is 22.7. The molecule has 1 heteroatoms. The van der Waals surface area contributed by atoms with Gasteiger partial charge in [-0.1, -0.05) is 105 Å². The molecule has 0 rings (SSSR count). The molecule has 0 amide bonds. The molecule has 0 aromatic rings. The van der Waals surface area contributed by atoms with Crippen molar-refractivity contribution in [2.24, 2.45) is 11.8 Å². The van der Waals surface area contributed by atoms with Gasteiger partial charge in [0, 0.05) is 12.3 Å². The number of carbonyl (C=O) groups excluding carboxylic acids is 1. The third-order valence-corrected chi connectivity index (χ3v) is 5.05. The summed E-state index contributed by atoms with van der Waals surface area (Å²) in [4.78, 5) is 12.0. The van der Waals surface area contributed by atoms with Crippen LogP contribution in [0.4, 0.5) is 0 Å². The Hall–Kier alpha value is -0.330. The Morgan fingerprint density at radius 2 is 1.13 bits per heavy atom. The number of hydrogen-bond acceptors (Lipinski definition) is 1. The molecular weight excluding hydrogens is 280 g/mol. The molecule has 1 atom stereocenters. The minimum absolute atomic E-state index is 0.348. The fourth-order valence-electron chi connectivity index (χ4n) is 3.34. The van der Waals surface area contributed by atoms with E-state index in [-0.39, 0.29) is 0 Å². The molecule has 138 valence electrons. The molecule has 0 radical (unpaired) electrons. The van der Waals surface area contributed by atoms with E-state index in [4.69, 9.17) is 0 Å². The third-order valence-electron chi connectivity index (χ3n) is 5.05. The quantitative estimate of drug-likeness (QED) is 0.250. The second kappa shape index (κ2) is 16.5.